The summed E-state index contributed by atoms with van der Waals surface area (Å²) in [5, 5.41) is 2.57. The highest BCUT2D eigenvalue weighted by Crippen LogP contribution is 2.14. The van der Waals surface area contributed by atoms with Gasteiger partial charge in [0.15, 0.2) is 0 Å². The summed E-state index contributed by atoms with van der Waals surface area (Å²) in [5.41, 5.74) is 1.06. The summed E-state index contributed by atoms with van der Waals surface area (Å²) in [4.78, 5) is 14.0. The Kier molecular flexibility index (Phi) is 5.22. The highest BCUT2D eigenvalue weighted by atomic mass is 19.1. The van der Waals surface area contributed by atoms with E-state index in [1.54, 1.807) is 38.2 Å². The van der Waals surface area contributed by atoms with Gasteiger partial charge in [-0.1, -0.05) is 24.3 Å². The van der Waals surface area contributed by atoms with Crippen LogP contribution < -0.4 is 5.32 Å². The van der Waals surface area contributed by atoms with Gasteiger partial charge in [0.2, 0.25) is 5.91 Å². The standard InChI is InChI=1S/C17H18F2N2O/c1-12(17(22)20-16-6-4-3-5-15(16)19)21(2)11-13-7-9-14(18)10-8-13/h3-10,12H,11H2,1-2H3,(H,20,22). The van der Waals surface area contributed by atoms with Crippen LogP contribution in [0, 0.1) is 11.6 Å². The fraction of sp³-hybridized carbons (Fsp3) is 0.235. The van der Waals surface area contributed by atoms with Gasteiger partial charge in [0, 0.05) is 6.54 Å². The zero-order valence-corrected chi connectivity index (χ0v) is 12.5. The third kappa shape index (κ3) is 4.11. The normalized spacial score (nSPS) is 12.2. The Hall–Kier alpha value is -2.27. The summed E-state index contributed by atoms with van der Waals surface area (Å²) in [6.07, 6.45) is 0. The minimum absolute atomic E-state index is 0.162. The number of carbonyl (C=O) groups is 1. The fourth-order valence-electron chi connectivity index (χ4n) is 2.01. The zero-order chi connectivity index (χ0) is 16.1. The molecule has 0 aromatic heterocycles. The van der Waals surface area contributed by atoms with Crippen molar-refractivity contribution in [2.75, 3.05) is 12.4 Å². The van der Waals surface area contributed by atoms with Crippen molar-refractivity contribution in [3.8, 4) is 0 Å². The summed E-state index contributed by atoms with van der Waals surface area (Å²) >= 11 is 0. The molecule has 1 unspecified atom stereocenters. The number of halogens is 2. The molecule has 1 atom stereocenters. The van der Waals surface area contributed by atoms with Crippen LogP contribution in [0.15, 0.2) is 48.5 Å². The van der Waals surface area contributed by atoms with E-state index < -0.39 is 11.9 Å². The number of nitrogens with zero attached hydrogens (tertiary/aromatic N) is 1. The number of amides is 1. The maximum absolute atomic E-state index is 13.5. The van der Waals surface area contributed by atoms with E-state index in [1.807, 2.05) is 4.90 Å². The molecule has 2 rings (SSSR count). The fourth-order valence-corrected chi connectivity index (χ4v) is 2.01. The third-order valence-corrected chi connectivity index (χ3v) is 3.52. The number of hydrogen-bond acceptors (Lipinski definition) is 2. The quantitative estimate of drug-likeness (QED) is 0.918. The number of benzene rings is 2. The van der Waals surface area contributed by atoms with Gasteiger partial charge < -0.3 is 5.32 Å². The maximum Gasteiger partial charge on any atom is 0.241 e. The van der Waals surface area contributed by atoms with Crippen LogP contribution in [0.4, 0.5) is 14.5 Å². The second-order valence-electron chi connectivity index (χ2n) is 5.19. The summed E-state index contributed by atoms with van der Waals surface area (Å²) in [5.74, 6) is -1.06. The van der Waals surface area contributed by atoms with Gasteiger partial charge in [-0.3, -0.25) is 9.69 Å². The first-order chi connectivity index (χ1) is 10.5. The molecule has 0 spiro atoms. The molecule has 1 amide bonds. The molecule has 0 saturated heterocycles. The van der Waals surface area contributed by atoms with Crippen molar-refractivity contribution in [1.29, 1.82) is 0 Å². The summed E-state index contributed by atoms with van der Waals surface area (Å²) < 4.78 is 26.4. The number of rotatable bonds is 5. The Morgan fingerprint density at radius 1 is 1.14 bits per heavy atom. The van der Waals surface area contributed by atoms with Gasteiger partial charge in [0.05, 0.1) is 11.7 Å². The monoisotopic (exact) mass is 304 g/mol. The molecule has 0 bridgehead atoms. The van der Waals surface area contributed by atoms with Crippen molar-refractivity contribution in [2.45, 2.75) is 19.5 Å². The largest absolute Gasteiger partial charge is 0.322 e. The zero-order valence-electron chi connectivity index (χ0n) is 12.5. The molecule has 22 heavy (non-hydrogen) atoms. The van der Waals surface area contributed by atoms with Gasteiger partial charge in [-0.2, -0.15) is 0 Å². The topological polar surface area (TPSA) is 32.3 Å². The van der Waals surface area contributed by atoms with E-state index in [0.717, 1.165) is 5.56 Å². The van der Waals surface area contributed by atoms with Crippen molar-refractivity contribution in [1.82, 2.24) is 4.90 Å². The Balaban J connectivity index is 1.97. The van der Waals surface area contributed by atoms with Gasteiger partial charge in [-0.15, -0.1) is 0 Å². The maximum atomic E-state index is 13.5. The van der Waals surface area contributed by atoms with Crippen molar-refractivity contribution >= 4 is 11.6 Å². The van der Waals surface area contributed by atoms with Gasteiger partial charge in [-0.25, -0.2) is 8.78 Å². The molecule has 0 aliphatic heterocycles. The van der Waals surface area contributed by atoms with E-state index in [0.29, 0.717) is 6.54 Å². The Labute approximate surface area is 128 Å². The van der Waals surface area contributed by atoms with Crippen molar-refractivity contribution in [2.24, 2.45) is 0 Å². The molecule has 0 radical (unpaired) electrons. The number of hydrogen-bond donors (Lipinski definition) is 1. The first-order valence-electron chi connectivity index (χ1n) is 6.97. The van der Waals surface area contributed by atoms with Crippen molar-refractivity contribution in [3.05, 3.63) is 65.7 Å². The van der Waals surface area contributed by atoms with Crippen molar-refractivity contribution < 1.29 is 13.6 Å². The van der Waals surface area contributed by atoms with Crippen LogP contribution in [0.1, 0.15) is 12.5 Å². The Morgan fingerprint density at radius 3 is 2.41 bits per heavy atom. The van der Waals surface area contributed by atoms with Crippen LogP contribution in [0.3, 0.4) is 0 Å². The molecular formula is C17H18F2N2O. The molecule has 0 aliphatic carbocycles. The minimum Gasteiger partial charge on any atom is -0.322 e. The second kappa shape index (κ2) is 7.13. The van der Waals surface area contributed by atoms with E-state index in [2.05, 4.69) is 5.32 Å². The molecule has 0 saturated carbocycles. The molecule has 116 valence electrons. The lowest BCUT2D eigenvalue weighted by Crippen LogP contribution is -2.39. The van der Waals surface area contributed by atoms with E-state index in [-0.39, 0.29) is 17.4 Å². The average molecular weight is 304 g/mol. The number of carbonyl (C=O) groups excluding carboxylic acids is 1. The molecule has 0 fully saturated rings. The number of para-hydroxylation sites is 1. The second-order valence-corrected chi connectivity index (χ2v) is 5.19. The van der Waals surface area contributed by atoms with Crippen LogP contribution in [0.25, 0.3) is 0 Å². The number of nitrogens with one attached hydrogen (secondary N) is 1. The highest BCUT2D eigenvalue weighted by molar-refractivity contribution is 5.94. The van der Waals surface area contributed by atoms with Crippen LogP contribution in [0.5, 0.6) is 0 Å². The van der Waals surface area contributed by atoms with Gasteiger partial charge >= 0.3 is 0 Å². The lowest BCUT2D eigenvalue weighted by atomic mass is 10.2. The van der Waals surface area contributed by atoms with E-state index in [9.17, 15) is 13.6 Å². The van der Waals surface area contributed by atoms with Crippen molar-refractivity contribution in [3.63, 3.8) is 0 Å². The Bertz CT molecular complexity index is 643. The predicted molar refractivity (Wildman–Crippen MR) is 82.4 cm³/mol. The molecule has 3 nitrogen and oxygen atoms in total. The number of anilines is 1. The third-order valence-electron chi connectivity index (χ3n) is 3.52. The molecule has 0 aliphatic rings. The van der Waals surface area contributed by atoms with E-state index in [1.165, 1.54) is 24.3 Å². The van der Waals surface area contributed by atoms with Crippen LogP contribution in [-0.4, -0.2) is 23.9 Å². The van der Waals surface area contributed by atoms with E-state index >= 15 is 0 Å². The summed E-state index contributed by atoms with van der Waals surface area (Å²) in [6.45, 7) is 2.23. The van der Waals surface area contributed by atoms with Gasteiger partial charge in [0.25, 0.3) is 0 Å². The lowest BCUT2D eigenvalue weighted by Gasteiger charge is -2.24. The molecule has 5 heteroatoms. The van der Waals surface area contributed by atoms with Crippen LogP contribution in [-0.2, 0) is 11.3 Å². The minimum atomic E-state index is -0.468. The summed E-state index contributed by atoms with van der Waals surface area (Å²) in [6, 6.07) is 11.7. The number of likely N-dealkylation sites (N-methyl/N-ethyl adjacent to an activating group) is 1. The SMILES string of the molecule is CC(C(=O)Nc1ccccc1F)N(C)Cc1ccc(F)cc1. The molecule has 2 aromatic carbocycles. The van der Waals surface area contributed by atoms with Crippen LogP contribution in [0.2, 0.25) is 0 Å². The highest BCUT2D eigenvalue weighted by Gasteiger charge is 2.19. The lowest BCUT2D eigenvalue weighted by molar-refractivity contribution is -0.120. The average Bonchev–Trinajstić information content (AvgIpc) is 2.51. The van der Waals surface area contributed by atoms with E-state index in [4.69, 9.17) is 0 Å². The van der Waals surface area contributed by atoms with Gasteiger partial charge in [-0.05, 0) is 43.8 Å². The smallest absolute Gasteiger partial charge is 0.241 e. The molecule has 2 aromatic rings. The molecule has 1 N–H and O–H groups in total. The summed E-state index contributed by atoms with van der Waals surface area (Å²) in [7, 11) is 1.79. The van der Waals surface area contributed by atoms with Crippen LogP contribution >= 0.6 is 0 Å². The Morgan fingerprint density at radius 2 is 1.77 bits per heavy atom. The predicted octanol–water partition coefficient (Wildman–Crippen LogP) is 3.42. The first kappa shape index (κ1) is 16.1. The van der Waals surface area contributed by atoms with Gasteiger partial charge in [0.1, 0.15) is 11.6 Å². The molecule has 0 heterocycles. The molecular weight excluding hydrogens is 286 g/mol. The first-order valence-corrected chi connectivity index (χ1v) is 6.97.